The van der Waals surface area contributed by atoms with Crippen molar-refractivity contribution in [3.8, 4) is 0 Å². The predicted molar refractivity (Wildman–Crippen MR) is 102 cm³/mol. The second-order valence-electron chi connectivity index (χ2n) is 7.40. The molecule has 1 fully saturated rings. The molecule has 0 bridgehead atoms. The number of amides is 1. The molecule has 0 aliphatic carbocycles. The molecule has 0 saturated carbocycles. The largest absolute Gasteiger partial charge is 0.416 e. The topological polar surface area (TPSA) is 57.7 Å². The molecule has 2 aromatic rings. The number of halogens is 7. The number of hydrogen-bond donors (Lipinski definition) is 0. The second-order valence-corrected chi connectivity index (χ2v) is 9.34. The molecule has 0 N–H and O–H groups in total. The molecule has 0 atom stereocenters. The van der Waals surface area contributed by atoms with Crippen LogP contribution in [0.15, 0.2) is 41.3 Å². The van der Waals surface area contributed by atoms with Gasteiger partial charge in [-0.1, -0.05) is 6.07 Å². The van der Waals surface area contributed by atoms with Gasteiger partial charge in [-0.2, -0.15) is 30.6 Å². The summed E-state index contributed by atoms with van der Waals surface area (Å²) in [5.74, 6) is -1.18. The Morgan fingerprint density at radius 2 is 1.36 bits per heavy atom. The first-order valence-electron chi connectivity index (χ1n) is 9.46. The Labute approximate surface area is 184 Å². The highest BCUT2D eigenvalue weighted by Gasteiger charge is 2.39. The van der Waals surface area contributed by atoms with Gasteiger partial charge in [-0.15, -0.1) is 0 Å². The fourth-order valence-electron chi connectivity index (χ4n) is 3.26. The van der Waals surface area contributed by atoms with Crippen LogP contribution in [-0.4, -0.2) is 49.7 Å². The first kappa shape index (κ1) is 25.0. The van der Waals surface area contributed by atoms with Crippen LogP contribution in [0.3, 0.4) is 0 Å². The molecule has 0 spiro atoms. The van der Waals surface area contributed by atoms with Gasteiger partial charge in [-0.05, 0) is 42.8 Å². The molecule has 0 unspecified atom stereocenters. The summed E-state index contributed by atoms with van der Waals surface area (Å²) in [7, 11) is -4.72. The van der Waals surface area contributed by atoms with E-state index in [9.17, 15) is 43.9 Å². The van der Waals surface area contributed by atoms with Crippen molar-refractivity contribution >= 4 is 15.9 Å². The van der Waals surface area contributed by atoms with E-state index in [4.69, 9.17) is 0 Å². The van der Waals surface area contributed by atoms with Gasteiger partial charge >= 0.3 is 12.4 Å². The van der Waals surface area contributed by atoms with Crippen LogP contribution in [0.1, 0.15) is 27.0 Å². The van der Waals surface area contributed by atoms with E-state index in [1.165, 1.54) is 24.0 Å². The van der Waals surface area contributed by atoms with Gasteiger partial charge in [-0.3, -0.25) is 4.79 Å². The molecule has 13 heteroatoms. The zero-order chi connectivity index (χ0) is 24.8. The summed E-state index contributed by atoms with van der Waals surface area (Å²) >= 11 is 0. The number of aryl methyl sites for hydroxylation is 1. The smallest absolute Gasteiger partial charge is 0.336 e. The van der Waals surface area contributed by atoms with E-state index in [1.807, 2.05) is 0 Å². The number of rotatable bonds is 3. The Balaban J connectivity index is 1.84. The zero-order valence-corrected chi connectivity index (χ0v) is 17.8. The molecule has 1 saturated heterocycles. The maximum Gasteiger partial charge on any atom is 0.416 e. The Hall–Kier alpha value is -2.67. The Morgan fingerprint density at radius 3 is 1.82 bits per heavy atom. The third kappa shape index (κ3) is 5.29. The Morgan fingerprint density at radius 1 is 0.848 bits per heavy atom. The van der Waals surface area contributed by atoms with Crippen molar-refractivity contribution in [3.05, 3.63) is 64.5 Å². The number of sulfonamides is 1. The standard InChI is InChI=1S/C20H17F7N2O3S/c1-12-2-3-13(8-17(12)21)18(30)28-4-6-29(7-5-28)33(31,32)16-10-14(19(22,23)24)9-15(11-16)20(25,26)27/h2-3,8-11H,4-7H2,1H3. The minimum atomic E-state index is -5.19. The Bertz CT molecular complexity index is 1140. The average Bonchev–Trinajstić information content (AvgIpc) is 2.73. The lowest BCUT2D eigenvalue weighted by Gasteiger charge is -2.34. The maximum atomic E-state index is 13.7. The summed E-state index contributed by atoms with van der Waals surface area (Å²) in [6, 6.07) is 3.97. The molecule has 1 heterocycles. The third-order valence-corrected chi connectivity index (χ3v) is 7.02. The van der Waals surface area contributed by atoms with E-state index in [0.29, 0.717) is 9.87 Å². The molecule has 33 heavy (non-hydrogen) atoms. The molecule has 0 aromatic heterocycles. The van der Waals surface area contributed by atoms with Crippen molar-refractivity contribution in [1.29, 1.82) is 0 Å². The summed E-state index contributed by atoms with van der Waals surface area (Å²) in [5, 5.41) is 0. The third-order valence-electron chi connectivity index (χ3n) is 5.14. The van der Waals surface area contributed by atoms with Crippen molar-refractivity contribution in [2.75, 3.05) is 26.2 Å². The van der Waals surface area contributed by atoms with Crippen LogP contribution >= 0.6 is 0 Å². The predicted octanol–water partition coefficient (Wildman–Crippen LogP) is 4.32. The van der Waals surface area contributed by atoms with Crippen molar-refractivity contribution in [2.45, 2.75) is 24.2 Å². The number of benzene rings is 2. The van der Waals surface area contributed by atoms with E-state index in [-0.39, 0.29) is 49.9 Å². The van der Waals surface area contributed by atoms with Gasteiger partial charge < -0.3 is 4.90 Å². The van der Waals surface area contributed by atoms with Crippen LogP contribution in [0.4, 0.5) is 30.7 Å². The van der Waals surface area contributed by atoms with Gasteiger partial charge in [0, 0.05) is 31.7 Å². The summed E-state index contributed by atoms with van der Waals surface area (Å²) < 4.78 is 119. The van der Waals surface area contributed by atoms with Crippen LogP contribution in [0.2, 0.25) is 0 Å². The summed E-state index contributed by atoms with van der Waals surface area (Å²) in [6.45, 7) is 0.419. The van der Waals surface area contributed by atoms with E-state index >= 15 is 0 Å². The molecule has 2 aromatic carbocycles. The second kappa shape index (κ2) is 8.60. The van der Waals surface area contributed by atoms with Crippen LogP contribution < -0.4 is 0 Å². The summed E-state index contributed by atoms with van der Waals surface area (Å²) in [6.07, 6.45) is -10.4. The van der Waals surface area contributed by atoms with Gasteiger partial charge in [0.05, 0.1) is 16.0 Å². The van der Waals surface area contributed by atoms with Gasteiger partial charge in [0.2, 0.25) is 10.0 Å². The van der Waals surface area contributed by atoms with Crippen molar-refractivity contribution in [1.82, 2.24) is 9.21 Å². The highest BCUT2D eigenvalue weighted by atomic mass is 32.2. The van der Waals surface area contributed by atoms with Crippen LogP contribution in [0.5, 0.6) is 0 Å². The first-order chi connectivity index (χ1) is 15.1. The first-order valence-corrected chi connectivity index (χ1v) is 10.9. The van der Waals surface area contributed by atoms with E-state index < -0.39 is 50.1 Å². The number of alkyl halides is 6. The van der Waals surface area contributed by atoms with Gasteiger partial charge in [0.1, 0.15) is 5.82 Å². The van der Waals surface area contributed by atoms with Crippen molar-refractivity contribution < 1.29 is 43.9 Å². The normalized spacial score (nSPS) is 16.2. The summed E-state index contributed by atoms with van der Waals surface area (Å²) in [5.41, 5.74) is -3.14. The molecule has 0 radical (unpaired) electrons. The molecule has 1 aliphatic rings. The van der Waals surface area contributed by atoms with E-state index in [2.05, 4.69) is 0 Å². The van der Waals surface area contributed by atoms with E-state index in [1.54, 1.807) is 0 Å². The minimum absolute atomic E-state index is 0.0297. The van der Waals surface area contributed by atoms with Crippen molar-refractivity contribution in [3.63, 3.8) is 0 Å². The molecule has 1 amide bonds. The number of nitrogens with zero attached hydrogens (tertiary/aromatic N) is 2. The quantitative estimate of drug-likeness (QED) is 0.593. The molecular formula is C20H17F7N2O3S. The number of carbonyl (C=O) groups excluding carboxylic acids is 1. The molecular weight excluding hydrogens is 481 g/mol. The zero-order valence-electron chi connectivity index (χ0n) is 17.0. The number of piperazine rings is 1. The molecule has 5 nitrogen and oxygen atoms in total. The fourth-order valence-corrected chi connectivity index (χ4v) is 4.76. The van der Waals surface area contributed by atoms with Crippen LogP contribution in [0.25, 0.3) is 0 Å². The fraction of sp³-hybridized carbons (Fsp3) is 0.350. The van der Waals surface area contributed by atoms with Crippen LogP contribution in [0, 0.1) is 12.7 Å². The minimum Gasteiger partial charge on any atom is -0.336 e. The van der Waals surface area contributed by atoms with Crippen molar-refractivity contribution in [2.24, 2.45) is 0 Å². The molecule has 180 valence electrons. The maximum absolute atomic E-state index is 13.7. The van der Waals surface area contributed by atoms with Gasteiger partial charge in [0.25, 0.3) is 5.91 Å². The van der Waals surface area contributed by atoms with Crippen LogP contribution in [-0.2, 0) is 22.4 Å². The SMILES string of the molecule is Cc1ccc(C(=O)N2CCN(S(=O)(=O)c3cc(C(F)(F)F)cc(C(F)(F)F)c3)CC2)cc1F. The highest BCUT2D eigenvalue weighted by Crippen LogP contribution is 2.37. The highest BCUT2D eigenvalue weighted by molar-refractivity contribution is 7.89. The molecule has 3 rings (SSSR count). The number of hydrogen-bond acceptors (Lipinski definition) is 3. The lowest BCUT2D eigenvalue weighted by molar-refractivity contribution is -0.143. The number of carbonyl (C=O) groups is 1. The lowest BCUT2D eigenvalue weighted by Crippen LogP contribution is -2.50. The van der Waals surface area contributed by atoms with Gasteiger partial charge in [-0.25, -0.2) is 12.8 Å². The van der Waals surface area contributed by atoms with E-state index in [0.717, 1.165) is 6.07 Å². The summed E-state index contributed by atoms with van der Waals surface area (Å²) in [4.78, 5) is 12.6. The average molecular weight is 498 g/mol. The Kier molecular flexibility index (Phi) is 6.50. The van der Waals surface area contributed by atoms with Gasteiger partial charge in [0.15, 0.2) is 0 Å². The monoisotopic (exact) mass is 498 g/mol. The lowest BCUT2D eigenvalue weighted by atomic mass is 10.1. The molecule has 1 aliphatic heterocycles.